The van der Waals surface area contributed by atoms with Crippen molar-refractivity contribution >= 4 is 33.2 Å². The number of fused-ring (bicyclic) bond motifs is 1. The predicted octanol–water partition coefficient (Wildman–Crippen LogP) is 2.66. The molecular weight excluding hydrogens is 398 g/mol. The lowest BCUT2D eigenvalue weighted by Crippen LogP contribution is -2.40. The largest absolute Gasteiger partial charge is 0.460 e. The molecule has 3 heterocycles. The van der Waals surface area contributed by atoms with Crippen molar-refractivity contribution in [2.75, 3.05) is 13.1 Å². The quantitative estimate of drug-likeness (QED) is 0.711. The molecular formula is C19H21N3O4S2. The third-order valence-corrected chi connectivity index (χ3v) is 7.46. The van der Waals surface area contributed by atoms with E-state index in [2.05, 4.69) is 9.38 Å². The zero-order valence-corrected chi connectivity index (χ0v) is 17.3. The van der Waals surface area contributed by atoms with E-state index in [0.29, 0.717) is 37.3 Å². The fourth-order valence-electron chi connectivity index (χ4n) is 3.61. The number of carbonyl (C=O) groups excluding carboxylic acids is 1. The molecule has 1 aromatic carbocycles. The lowest BCUT2D eigenvalue weighted by Gasteiger charge is -2.32. The van der Waals surface area contributed by atoms with Gasteiger partial charge in [-0.3, -0.25) is 4.79 Å². The number of likely N-dealkylation sites (tertiary alicyclic amines) is 1. The van der Waals surface area contributed by atoms with E-state index in [1.165, 1.54) is 0 Å². The number of sulfonamides is 1. The summed E-state index contributed by atoms with van der Waals surface area (Å²) in [5, 5.41) is 0.962. The van der Waals surface area contributed by atoms with Crippen LogP contribution >= 0.6 is 11.3 Å². The Morgan fingerprint density at radius 2 is 1.96 bits per heavy atom. The van der Waals surface area contributed by atoms with E-state index in [1.54, 1.807) is 29.5 Å². The van der Waals surface area contributed by atoms with Gasteiger partial charge in [-0.1, -0.05) is 12.1 Å². The molecule has 9 heteroatoms. The number of rotatable bonds is 3. The highest BCUT2D eigenvalue weighted by atomic mass is 32.2. The highest BCUT2D eigenvalue weighted by molar-refractivity contribution is 7.90. The molecule has 0 aliphatic carbocycles. The zero-order chi connectivity index (χ0) is 19.9. The van der Waals surface area contributed by atoms with Gasteiger partial charge in [-0.15, -0.1) is 15.7 Å². The first-order chi connectivity index (χ1) is 13.3. The maximum atomic E-state index is 12.4. The molecule has 0 bridgehead atoms. The van der Waals surface area contributed by atoms with Crippen molar-refractivity contribution < 1.29 is 17.9 Å². The number of aryl methyl sites for hydroxylation is 2. The first-order valence-corrected chi connectivity index (χ1v) is 11.4. The number of hydrogen-bond donors (Lipinski definition) is 0. The number of esters is 1. The second kappa shape index (κ2) is 7.29. The lowest BCUT2D eigenvalue weighted by molar-refractivity contribution is -0.151. The fraction of sp³-hybridized carbons (Fsp3) is 0.421. The Morgan fingerprint density at radius 1 is 1.25 bits per heavy atom. The number of nitrogens with zero attached hydrogens (tertiary/aromatic N) is 3. The zero-order valence-electron chi connectivity index (χ0n) is 15.7. The van der Waals surface area contributed by atoms with Gasteiger partial charge in [0.2, 0.25) is 0 Å². The second-order valence-electron chi connectivity index (χ2n) is 7.00. The molecule has 148 valence electrons. The molecule has 0 atom stereocenters. The number of piperidine rings is 1. The van der Waals surface area contributed by atoms with Crippen LogP contribution in [0.15, 0.2) is 33.6 Å². The summed E-state index contributed by atoms with van der Waals surface area (Å²) in [6.45, 7) is 5.25. The maximum Gasteiger partial charge on any atom is 0.309 e. The molecule has 2 aliphatic heterocycles. The Hall–Kier alpha value is -2.26. The summed E-state index contributed by atoms with van der Waals surface area (Å²) in [6.07, 6.45) is 1.22. The highest BCUT2D eigenvalue weighted by Gasteiger charge is 2.34. The molecule has 1 fully saturated rings. The Morgan fingerprint density at radius 3 is 2.64 bits per heavy atom. The van der Waals surface area contributed by atoms with Crippen molar-refractivity contribution in [3.05, 3.63) is 45.4 Å². The van der Waals surface area contributed by atoms with Crippen LogP contribution in [0.3, 0.4) is 0 Å². The summed E-state index contributed by atoms with van der Waals surface area (Å²) in [7, 11) is -3.63. The molecule has 0 radical (unpaired) electrons. The predicted molar refractivity (Wildman–Crippen MR) is 106 cm³/mol. The summed E-state index contributed by atoms with van der Waals surface area (Å²) in [5.74, 6) is 0.101. The minimum absolute atomic E-state index is 0.181. The molecule has 2 aromatic rings. The molecule has 0 N–H and O–H groups in total. The van der Waals surface area contributed by atoms with Gasteiger partial charge in [0.05, 0.1) is 21.5 Å². The van der Waals surface area contributed by atoms with Crippen LogP contribution in [0, 0.1) is 19.8 Å². The standard InChI is InChI=1S/C19H21N3O4S2/c1-12-16(27-13(2)20-12)11-26-19(23)14-7-9-22(10-8-14)18-15-5-3-4-6-17(15)28(24,25)21-18/h3-6,14H,7-11H2,1-2H3. The fourth-order valence-corrected chi connectivity index (χ4v) is 5.68. The van der Waals surface area contributed by atoms with Crippen LogP contribution in [0.2, 0.25) is 0 Å². The lowest BCUT2D eigenvalue weighted by atomic mass is 9.96. The number of benzene rings is 1. The minimum atomic E-state index is -3.63. The van der Waals surface area contributed by atoms with Gasteiger partial charge in [-0.25, -0.2) is 4.98 Å². The Labute approximate surface area is 168 Å². The number of amidine groups is 1. The summed E-state index contributed by atoms with van der Waals surface area (Å²) in [4.78, 5) is 20.0. The number of ether oxygens (including phenoxy) is 1. The van der Waals surface area contributed by atoms with Crippen molar-refractivity contribution in [3.8, 4) is 0 Å². The summed E-state index contributed by atoms with van der Waals surface area (Å²) < 4.78 is 33.9. The van der Waals surface area contributed by atoms with E-state index in [4.69, 9.17) is 4.74 Å². The smallest absolute Gasteiger partial charge is 0.309 e. The van der Waals surface area contributed by atoms with Crippen LogP contribution in [0.1, 0.15) is 34.0 Å². The number of aromatic nitrogens is 1. The molecule has 0 unspecified atom stereocenters. The van der Waals surface area contributed by atoms with Gasteiger partial charge in [-0.2, -0.15) is 8.42 Å². The molecule has 0 amide bonds. The number of thiazole rings is 1. The normalized spacial score (nSPS) is 18.6. The van der Waals surface area contributed by atoms with Crippen molar-refractivity contribution in [1.82, 2.24) is 9.88 Å². The van der Waals surface area contributed by atoms with Crippen molar-refractivity contribution in [1.29, 1.82) is 0 Å². The van der Waals surface area contributed by atoms with Crippen LogP contribution in [0.25, 0.3) is 0 Å². The van der Waals surface area contributed by atoms with Crippen LogP contribution in [-0.2, 0) is 26.2 Å². The Bertz CT molecular complexity index is 1050. The van der Waals surface area contributed by atoms with Crippen LogP contribution in [0.5, 0.6) is 0 Å². The SMILES string of the molecule is Cc1nc(C)c(COC(=O)C2CCN(C3=NS(=O)(=O)c4ccccc43)CC2)s1. The van der Waals surface area contributed by atoms with Crippen molar-refractivity contribution in [2.45, 2.75) is 38.2 Å². The molecule has 2 aliphatic rings. The summed E-state index contributed by atoms with van der Waals surface area (Å²) in [6, 6.07) is 6.86. The van der Waals surface area contributed by atoms with Crippen molar-refractivity contribution in [3.63, 3.8) is 0 Å². The van der Waals surface area contributed by atoms with E-state index in [1.807, 2.05) is 24.8 Å². The first kappa shape index (κ1) is 19.1. The van der Waals surface area contributed by atoms with E-state index in [0.717, 1.165) is 15.6 Å². The number of hydrogen-bond acceptors (Lipinski definition) is 7. The van der Waals surface area contributed by atoms with Crippen molar-refractivity contribution in [2.24, 2.45) is 10.3 Å². The van der Waals surface area contributed by atoms with E-state index in [9.17, 15) is 13.2 Å². The summed E-state index contributed by atoms with van der Waals surface area (Å²) >= 11 is 1.54. The Balaban J connectivity index is 1.37. The van der Waals surface area contributed by atoms with E-state index < -0.39 is 10.0 Å². The van der Waals surface area contributed by atoms with Gasteiger partial charge < -0.3 is 9.64 Å². The van der Waals surface area contributed by atoms with Gasteiger partial charge in [0.1, 0.15) is 11.5 Å². The third-order valence-electron chi connectivity index (χ3n) is 5.09. The monoisotopic (exact) mass is 419 g/mol. The molecule has 0 saturated carbocycles. The highest BCUT2D eigenvalue weighted by Crippen LogP contribution is 2.30. The molecule has 28 heavy (non-hydrogen) atoms. The van der Waals surface area contributed by atoms with Gasteiger partial charge in [-0.05, 0) is 38.8 Å². The number of carbonyl (C=O) groups is 1. The average molecular weight is 420 g/mol. The third kappa shape index (κ3) is 3.56. The Kier molecular flexibility index (Phi) is 4.96. The molecule has 0 spiro atoms. The first-order valence-electron chi connectivity index (χ1n) is 9.14. The molecule has 1 saturated heterocycles. The van der Waals surface area contributed by atoms with Crippen LogP contribution in [0.4, 0.5) is 0 Å². The van der Waals surface area contributed by atoms with Gasteiger partial charge >= 0.3 is 5.97 Å². The van der Waals surface area contributed by atoms with Crippen LogP contribution in [-0.4, -0.2) is 43.2 Å². The van der Waals surface area contributed by atoms with Gasteiger partial charge in [0, 0.05) is 18.7 Å². The topological polar surface area (TPSA) is 88.9 Å². The molecule has 7 nitrogen and oxygen atoms in total. The van der Waals surface area contributed by atoms with Gasteiger partial charge in [0.25, 0.3) is 10.0 Å². The molecule has 1 aromatic heterocycles. The summed E-state index contributed by atoms with van der Waals surface area (Å²) in [5.41, 5.74) is 1.55. The van der Waals surface area contributed by atoms with E-state index in [-0.39, 0.29) is 23.4 Å². The van der Waals surface area contributed by atoms with Crippen LogP contribution < -0.4 is 0 Å². The average Bonchev–Trinajstić information content (AvgIpc) is 3.15. The second-order valence-corrected chi connectivity index (χ2v) is 9.86. The van der Waals surface area contributed by atoms with E-state index >= 15 is 0 Å². The maximum absolute atomic E-state index is 12.4. The minimum Gasteiger partial charge on any atom is -0.460 e. The molecule has 4 rings (SSSR count). The van der Waals surface area contributed by atoms with Gasteiger partial charge in [0.15, 0.2) is 5.84 Å².